The number of aliphatic hydroxyl groups excluding tert-OH is 3. The van der Waals surface area contributed by atoms with Gasteiger partial charge in [0.1, 0.15) is 23.8 Å². The first-order valence-electron chi connectivity index (χ1n) is 5.71. The second-order valence-corrected chi connectivity index (χ2v) is 5.03. The molecule has 0 aliphatic carbocycles. The van der Waals surface area contributed by atoms with Crippen molar-refractivity contribution in [3.63, 3.8) is 0 Å². The molecule has 108 valence electrons. The Kier molecular flexibility index (Phi) is 3.53. The Bertz CT molecular complexity index is 651. The molecule has 1 unspecified atom stereocenters. The molecule has 20 heavy (non-hydrogen) atoms. The normalized spacial score (nSPS) is 30.2. The van der Waals surface area contributed by atoms with Gasteiger partial charge in [0.15, 0.2) is 17.0 Å². The van der Waals surface area contributed by atoms with Crippen LogP contribution in [0.1, 0.15) is 6.23 Å². The number of halogens is 2. The van der Waals surface area contributed by atoms with Gasteiger partial charge in [-0.05, 0) is 11.6 Å². The molecule has 1 aliphatic rings. The summed E-state index contributed by atoms with van der Waals surface area (Å²) in [6.07, 6.45) is -2.94. The van der Waals surface area contributed by atoms with E-state index in [0.29, 0.717) is 5.52 Å². The first kappa shape index (κ1) is 13.9. The van der Waals surface area contributed by atoms with Gasteiger partial charge >= 0.3 is 0 Å². The SMILES string of the molecule is OC[C@@H]1OC(n2cnc3c(Cl)nc(Cl)nc32)[C@@H](O)[C@H]1O. The highest BCUT2D eigenvalue weighted by Crippen LogP contribution is 2.32. The van der Waals surface area contributed by atoms with Gasteiger partial charge in [-0.3, -0.25) is 4.57 Å². The average molecular weight is 321 g/mol. The molecule has 3 rings (SSSR count). The van der Waals surface area contributed by atoms with E-state index in [-0.39, 0.29) is 16.1 Å². The number of hydrogen-bond donors (Lipinski definition) is 3. The van der Waals surface area contributed by atoms with Crippen LogP contribution in [0.15, 0.2) is 6.33 Å². The van der Waals surface area contributed by atoms with Gasteiger partial charge in [-0.25, -0.2) is 9.97 Å². The third-order valence-electron chi connectivity index (χ3n) is 3.14. The third-order valence-corrected chi connectivity index (χ3v) is 3.58. The topological polar surface area (TPSA) is 114 Å². The predicted octanol–water partition coefficient (Wildman–Crippen LogP) is -0.255. The van der Waals surface area contributed by atoms with Crippen molar-refractivity contribution in [2.75, 3.05) is 6.61 Å². The first-order chi connectivity index (χ1) is 9.52. The van der Waals surface area contributed by atoms with Crippen molar-refractivity contribution in [2.45, 2.75) is 24.5 Å². The Morgan fingerprint density at radius 2 is 2.00 bits per heavy atom. The molecule has 10 heteroatoms. The smallest absolute Gasteiger partial charge is 0.225 e. The number of nitrogens with zero attached hydrogens (tertiary/aromatic N) is 4. The van der Waals surface area contributed by atoms with Gasteiger partial charge in [-0.15, -0.1) is 0 Å². The number of rotatable bonds is 2. The van der Waals surface area contributed by atoms with Crippen LogP contribution < -0.4 is 0 Å². The summed E-state index contributed by atoms with van der Waals surface area (Å²) in [7, 11) is 0. The highest BCUT2D eigenvalue weighted by atomic mass is 35.5. The monoisotopic (exact) mass is 320 g/mol. The molecule has 3 heterocycles. The molecule has 3 N–H and O–H groups in total. The fraction of sp³-hybridized carbons (Fsp3) is 0.500. The number of aliphatic hydroxyl groups is 3. The molecule has 2 aromatic heterocycles. The lowest BCUT2D eigenvalue weighted by Gasteiger charge is -2.16. The van der Waals surface area contributed by atoms with Gasteiger partial charge < -0.3 is 20.1 Å². The van der Waals surface area contributed by atoms with E-state index in [1.54, 1.807) is 0 Å². The minimum absolute atomic E-state index is 0.0732. The summed E-state index contributed by atoms with van der Waals surface area (Å²) in [6, 6.07) is 0. The second-order valence-electron chi connectivity index (χ2n) is 4.34. The summed E-state index contributed by atoms with van der Waals surface area (Å²) >= 11 is 11.6. The summed E-state index contributed by atoms with van der Waals surface area (Å²) in [5, 5.41) is 28.8. The number of aromatic nitrogens is 4. The van der Waals surface area contributed by atoms with Crippen molar-refractivity contribution < 1.29 is 20.1 Å². The van der Waals surface area contributed by atoms with Gasteiger partial charge in [0.05, 0.1) is 12.9 Å². The van der Waals surface area contributed by atoms with Crippen LogP contribution in [0.4, 0.5) is 0 Å². The lowest BCUT2D eigenvalue weighted by atomic mass is 10.1. The third kappa shape index (κ3) is 2.05. The largest absolute Gasteiger partial charge is 0.394 e. The Morgan fingerprint density at radius 3 is 2.65 bits per heavy atom. The Balaban J connectivity index is 2.07. The lowest BCUT2D eigenvalue weighted by Crippen LogP contribution is -2.33. The molecule has 1 aliphatic heterocycles. The quantitative estimate of drug-likeness (QED) is 0.516. The van der Waals surface area contributed by atoms with Gasteiger partial charge in [0.2, 0.25) is 5.28 Å². The maximum absolute atomic E-state index is 9.98. The van der Waals surface area contributed by atoms with Crippen LogP contribution in [0.2, 0.25) is 10.4 Å². The van der Waals surface area contributed by atoms with Crippen molar-refractivity contribution in [2.24, 2.45) is 0 Å². The summed E-state index contributed by atoms with van der Waals surface area (Å²) in [6.45, 7) is -0.419. The zero-order valence-electron chi connectivity index (χ0n) is 9.89. The highest BCUT2D eigenvalue weighted by Gasteiger charge is 2.44. The number of fused-ring (bicyclic) bond motifs is 1. The van der Waals surface area contributed by atoms with Crippen LogP contribution in [-0.2, 0) is 4.74 Å². The lowest BCUT2D eigenvalue weighted by molar-refractivity contribution is -0.0511. The molecule has 0 bridgehead atoms. The highest BCUT2D eigenvalue weighted by molar-refractivity contribution is 6.35. The van der Waals surface area contributed by atoms with E-state index >= 15 is 0 Å². The van der Waals surface area contributed by atoms with E-state index in [1.165, 1.54) is 10.9 Å². The Labute approximate surface area is 122 Å². The molecular weight excluding hydrogens is 311 g/mol. The molecule has 0 amide bonds. The van der Waals surface area contributed by atoms with Crippen molar-refractivity contribution in [3.05, 3.63) is 16.8 Å². The summed E-state index contributed by atoms with van der Waals surface area (Å²) in [5.41, 5.74) is 0.568. The number of imidazole rings is 1. The number of ether oxygens (including phenoxy) is 1. The molecule has 8 nitrogen and oxygen atoms in total. The predicted molar refractivity (Wildman–Crippen MR) is 68.4 cm³/mol. The molecule has 1 saturated heterocycles. The van der Waals surface area contributed by atoms with Gasteiger partial charge in [-0.2, -0.15) is 4.98 Å². The minimum atomic E-state index is -1.24. The maximum Gasteiger partial charge on any atom is 0.225 e. The van der Waals surface area contributed by atoms with E-state index in [9.17, 15) is 10.2 Å². The summed E-state index contributed by atoms with van der Waals surface area (Å²) in [5.74, 6) is 0. The van der Waals surface area contributed by atoms with Gasteiger partial charge in [0, 0.05) is 0 Å². The van der Waals surface area contributed by atoms with E-state index in [0.717, 1.165) is 0 Å². The Morgan fingerprint density at radius 1 is 1.25 bits per heavy atom. The molecule has 0 spiro atoms. The van der Waals surface area contributed by atoms with E-state index in [2.05, 4.69) is 15.0 Å². The van der Waals surface area contributed by atoms with Crippen LogP contribution in [0, 0.1) is 0 Å². The van der Waals surface area contributed by atoms with Crippen molar-refractivity contribution in [1.29, 1.82) is 0 Å². The van der Waals surface area contributed by atoms with Crippen molar-refractivity contribution in [3.8, 4) is 0 Å². The maximum atomic E-state index is 9.98. The molecular formula is C10H10Cl2N4O4. The molecule has 1 fully saturated rings. The van der Waals surface area contributed by atoms with Crippen LogP contribution in [0.3, 0.4) is 0 Å². The Hall–Kier alpha value is -1.03. The van der Waals surface area contributed by atoms with Crippen LogP contribution >= 0.6 is 23.2 Å². The average Bonchev–Trinajstić information content (AvgIpc) is 2.93. The van der Waals surface area contributed by atoms with Gasteiger partial charge in [0.25, 0.3) is 0 Å². The molecule has 0 aromatic carbocycles. The fourth-order valence-electron chi connectivity index (χ4n) is 2.15. The minimum Gasteiger partial charge on any atom is -0.394 e. The molecule has 4 atom stereocenters. The van der Waals surface area contributed by atoms with E-state index in [4.69, 9.17) is 33.0 Å². The van der Waals surface area contributed by atoms with Crippen LogP contribution in [0.5, 0.6) is 0 Å². The second kappa shape index (κ2) is 5.06. The van der Waals surface area contributed by atoms with E-state index < -0.39 is 31.1 Å². The van der Waals surface area contributed by atoms with E-state index in [1.807, 2.05) is 0 Å². The van der Waals surface area contributed by atoms with Crippen LogP contribution in [-0.4, -0.2) is 59.8 Å². The first-order valence-corrected chi connectivity index (χ1v) is 6.46. The zero-order valence-corrected chi connectivity index (χ0v) is 11.4. The number of hydrogen-bond acceptors (Lipinski definition) is 7. The fourth-order valence-corrected chi connectivity index (χ4v) is 2.57. The molecule has 0 saturated carbocycles. The summed E-state index contributed by atoms with van der Waals surface area (Å²) < 4.78 is 6.78. The van der Waals surface area contributed by atoms with Crippen molar-refractivity contribution >= 4 is 34.4 Å². The standard InChI is InChI=1S/C10H10Cl2N4O4/c11-7-4-8(15-10(12)14-7)16(2-13-4)9-6(19)5(18)3(1-17)20-9/h2-3,5-6,9,17-19H,1H2/t3-,5-,6-,9?/m0/s1. The van der Waals surface area contributed by atoms with Crippen molar-refractivity contribution in [1.82, 2.24) is 19.5 Å². The molecule has 2 aromatic rings. The molecule has 0 radical (unpaired) electrons. The summed E-state index contributed by atoms with van der Waals surface area (Å²) in [4.78, 5) is 11.8. The van der Waals surface area contributed by atoms with Crippen LogP contribution in [0.25, 0.3) is 11.2 Å². The van der Waals surface area contributed by atoms with Gasteiger partial charge in [-0.1, -0.05) is 11.6 Å². The zero-order chi connectivity index (χ0) is 14.4.